The maximum absolute atomic E-state index is 8.56. The summed E-state index contributed by atoms with van der Waals surface area (Å²) < 4.78 is 4.62. The van der Waals surface area contributed by atoms with Crippen molar-refractivity contribution in [2.45, 2.75) is 18.4 Å². The van der Waals surface area contributed by atoms with Crippen LogP contribution in [-0.2, 0) is 4.74 Å². The van der Waals surface area contributed by atoms with Crippen LogP contribution in [0.4, 0.5) is 0 Å². The van der Waals surface area contributed by atoms with Crippen molar-refractivity contribution in [3.05, 3.63) is 0 Å². The molecule has 3 N–H and O–H groups in total. The number of rotatable bonds is 2. The first kappa shape index (κ1) is 8.01. The Bertz CT molecular complexity index is 108. The van der Waals surface area contributed by atoms with Gasteiger partial charge in [0.1, 0.15) is 0 Å². The first-order valence-corrected chi connectivity index (χ1v) is 3.20. The minimum atomic E-state index is -2.48. The molecular weight excluding hydrogens is 133 g/mol. The van der Waals surface area contributed by atoms with E-state index in [-0.39, 0.29) is 6.10 Å². The van der Waals surface area contributed by atoms with Crippen LogP contribution in [0.2, 0.25) is 0 Å². The second kappa shape index (κ2) is 2.88. The lowest BCUT2D eigenvalue weighted by molar-refractivity contribution is -0.291. The SMILES string of the molecule is [B]C(O)(O)OC1CCNC1. The minimum Gasteiger partial charge on any atom is -0.353 e. The molecule has 1 atom stereocenters. The van der Waals surface area contributed by atoms with Crippen molar-refractivity contribution in [3.8, 4) is 0 Å². The molecule has 4 nitrogen and oxygen atoms in total. The van der Waals surface area contributed by atoms with Crippen molar-refractivity contribution >= 4 is 7.85 Å². The second-order valence-electron chi connectivity index (χ2n) is 2.39. The van der Waals surface area contributed by atoms with Crippen LogP contribution in [0.5, 0.6) is 0 Å². The van der Waals surface area contributed by atoms with Crippen molar-refractivity contribution in [1.82, 2.24) is 5.32 Å². The standard InChI is InChI=1S/C5H10BNO3/c6-5(8,9)10-4-1-2-7-3-4/h4,7-9H,1-3H2. The third kappa shape index (κ3) is 2.66. The fraction of sp³-hybridized carbons (Fsp3) is 1.00. The predicted molar refractivity (Wildman–Crippen MR) is 35.3 cm³/mol. The Morgan fingerprint density at radius 2 is 2.30 bits per heavy atom. The first-order valence-electron chi connectivity index (χ1n) is 3.20. The zero-order valence-corrected chi connectivity index (χ0v) is 5.58. The molecule has 0 saturated carbocycles. The molecular formula is C5H10BNO3. The predicted octanol–water partition coefficient (Wildman–Crippen LogP) is -1.87. The Morgan fingerprint density at radius 1 is 1.60 bits per heavy atom. The van der Waals surface area contributed by atoms with E-state index < -0.39 is 5.87 Å². The molecule has 0 aromatic rings. The van der Waals surface area contributed by atoms with Gasteiger partial charge in [0.15, 0.2) is 7.85 Å². The summed E-state index contributed by atoms with van der Waals surface area (Å²) in [4.78, 5) is 0. The molecule has 0 aromatic carbocycles. The molecule has 56 valence electrons. The fourth-order valence-electron chi connectivity index (χ4n) is 0.974. The number of nitrogens with one attached hydrogen (secondary N) is 1. The molecule has 1 saturated heterocycles. The van der Waals surface area contributed by atoms with Crippen LogP contribution in [0.3, 0.4) is 0 Å². The number of aliphatic hydroxyl groups is 2. The quantitative estimate of drug-likeness (QED) is 0.313. The minimum absolute atomic E-state index is 0.181. The van der Waals surface area contributed by atoms with Crippen LogP contribution < -0.4 is 5.32 Å². The molecule has 0 aliphatic carbocycles. The van der Waals surface area contributed by atoms with Crippen molar-refractivity contribution in [1.29, 1.82) is 0 Å². The van der Waals surface area contributed by atoms with Gasteiger partial charge in [-0.15, -0.1) is 0 Å². The summed E-state index contributed by atoms with van der Waals surface area (Å²) >= 11 is 0. The normalized spacial score (nSPS) is 27.2. The highest BCUT2D eigenvalue weighted by Crippen LogP contribution is 2.08. The Balaban J connectivity index is 2.24. The number of hydrogen-bond acceptors (Lipinski definition) is 4. The number of ether oxygens (including phenoxy) is 1. The van der Waals surface area contributed by atoms with Crippen molar-refractivity contribution in [2.75, 3.05) is 13.1 Å². The molecule has 1 unspecified atom stereocenters. The van der Waals surface area contributed by atoms with E-state index in [9.17, 15) is 0 Å². The third-order valence-corrected chi connectivity index (χ3v) is 1.36. The molecule has 1 heterocycles. The highest BCUT2D eigenvalue weighted by molar-refractivity contribution is 6.11. The Kier molecular flexibility index (Phi) is 2.30. The Hall–Kier alpha value is -0.0951. The van der Waals surface area contributed by atoms with E-state index in [2.05, 4.69) is 10.1 Å². The molecule has 0 bridgehead atoms. The van der Waals surface area contributed by atoms with Crippen LogP contribution in [0.15, 0.2) is 0 Å². The van der Waals surface area contributed by atoms with Crippen LogP contribution in [0, 0.1) is 0 Å². The molecule has 1 fully saturated rings. The van der Waals surface area contributed by atoms with E-state index in [1.165, 1.54) is 0 Å². The van der Waals surface area contributed by atoms with Gasteiger partial charge < -0.3 is 20.3 Å². The van der Waals surface area contributed by atoms with E-state index in [4.69, 9.17) is 18.1 Å². The maximum Gasteiger partial charge on any atom is 0.217 e. The molecule has 0 aromatic heterocycles. The van der Waals surface area contributed by atoms with Crippen molar-refractivity contribution < 1.29 is 14.9 Å². The Labute approximate surface area is 60.6 Å². The van der Waals surface area contributed by atoms with E-state index in [1.807, 2.05) is 0 Å². The van der Waals surface area contributed by atoms with Gasteiger partial charge in [-0.25, -0.2) is 0 Å². The molecule has 1 aliphatic rings. The molecule has 2 radical (unpaired) electrons. The third-order valence-electron chi connectivity index (χ3n) is 1.36. The molecule has 10 heavy (non-hydrogen) atoms. The maximum atomic E-state index is 8.56. The fourth-order valence-corrected chi connectivity index (χ4v) is 0.974. The second-order valence-corrected chi connectivity index (χ2v) is 2.39. The molecule has 0 amide bonds. The van der Waals surface area contributed by atoms with E-state index >= 15 is 0 Å². The Morgan fingerprint density at radius 3 is 2.70 bits per heavy atom. The summed E-state index contributed by atoms with van der Waals surface area (Å²) in [6.07, 6.45) is 0.583. The molecule has 1 aliphatic heterocycles. The zero-order chi connectivity index (χ0) is 7.61. The summed E-state index contributed by atoms with van der Waals surface area (Å²) in [7, 11) is 4.78. The van der Waals surface area contributed by atoms with Gasteiger partial charge in [-0.05, 0) is 13.0 Å². The van der Waals surface area contributed by atoms with E-state index in [0.717, 1.165) is 13.0 Å². The highest BCUT2D eigenvalue weighted by atomic mass is 16.8. The lowest BCUT2D eigenvalue weighted by Crippen LogP contribution is -2.37. The summed E-state index contributed by atoms with van der Waals surface area (Å²) in [6, 6.07) is 0. The lowest BCUT2D eigenvalue weighted by atomic mass is 10.1. The van der Waals surface area contributed by atoms with Crippen molar-refractivity contribution in [2.24, 2.45) is 0 Å². The summed E-state index contributed by atoms with van der Waals surface area (Å²) in [5.74, 6) is -2.48. The van der Waals surface area contributed by atoms with Gasteiger partial charge in [-0.1, -0.05) is 0 Å². The summed E-state index contributed by atoms with van der Waals surface area (Å²) in [5.41, 5.74) is 0. The van der Waals surface area contributed by atoms with Gasteiger partial charge in [0.05, 0.1) is 6.10 Å². The van der Waals surface area contributed by atoms with Crippen LogP contribution in [0.1, 0.15) is 6.42 Å². The highest BCUT2D eigenvalue weighted by Gasteiger charge is 2.24. The largest absolute Gasteiger partial charge is 0.353 e. The molecule has 5 heteroatoms. The molecule has 0 spiro atoms. The van der Waals surface area contributed by atoms with Gasteiger partial charge in [0.2, 0.25) is 5.87 Å². The summed E-state index contributed by atoms with van der Waals surface area (Å²) in [5, 5.41) is 20.1. The van der Waals surface area contributed by atoms with Gasteiger partial charge in [0.25, 0.3) is 0 Å². The first-order chi connectivity index (χ1) is 4.58. The van der Waals surface area contributed by atoms with Crippen LogP contribution in [-0.4, -0.2) is 43.1 Å². The van der Waals surface area contributed by atoms with Gasteiger partial charge in [-0.2, -0.15) is 0 Å². The van der Waals surface area contributed by atoms with E-state index in [1.54, 1.807) is 0 Å². The number of hydrogen-bond donors (Lipinski definition) is 3. The zero-order valence-electron chi connectivity index (χ0n) is 5.58. The monoisotopic (exact) mass is 143 g/mol. The van der Waals surface area contributed by atoms with Crippen LogP contribution >= 0.6 is 0 Å². The van der Waals surface area contributed by atoms with Crippen molar-refractivity contribution in [3.63, 3.8) is 0 Å². The summed E-state index contributed by atoms with van der Waals surface area (Å²) in [6.45, 7) is 1.46. The van der Waals surface area contributed by atoms with Crippen LogP contribution in [0.25, 0.3) is 0 Å². The van der Waals surface area contributed by atoms with Gasteiger partial charge in [0, 0.05) is 6.54 Å². The smallest absolute Gasteiger partial charge is 0.217 e. The van der Waals surface area contributed by atoms with Gasteiger partial charge >= 0.3 is 0 Å². The average Bonchev–Trinajstić information content (AvgIpc) is 2.12. The molecule has 1 rings (SSSR count). The average molecular weight is 143 g/mol. The topological polar surface area (TPSA) is 61.7 Å². The van der Waals surface area contributed by atoms with E-state index in [0.29, 0.717) is 6.54 Å². The van der Waals surface area contributed by atoms with Gasteiger partial charge in [-0.3, -0.25) is 0 Å². The lowest BCUT2D eigenvalue weighted by Gasteiger charge is -2.21.